The van der Waals surface area contributed by atoms with Crippen LogP contribution in [0.4, 0.5) is 0 Å². The first-order valence-corrected chi connectivity index (χ1v) is 5.24. The van der Waals surface area contributed by atoms with Crippen molar-refractivity contribution in [3.05, 3.63) is 29.5 Å². The molecular weight excluding hydrogens is 204 g/mol. The average molecular weight is 218 g/mol. The van der Waals surface area contributed by atoms with E-state index in [9.17, 15) is 4.79 Å². The number of aromatic nitrogens is 2. The van der Waals surface area contributed by atoms with Gasteiger partial charge >= 0.3 is 5.97 Å². The standard InChI is InChI=1S/C12H14N2O2/c1-4-16-12(15)11-9-6-5-8(2)7-10(9)13-14(11)3/h5-7H,4H2,1-3H3. The second kappa shape index (κ2) is 3.96. The summed E-state index contributed by atoms with van der Waals surface area (Å²) in [6.07, 6.45) is 0. The average Bonchev–Trinajstić information content (AvgIpc) is 2.53. The maximum Gasteiger partial charge on any atom is 0.357 e. The minimum absolute atomic E-state index is 0.323. The summed E-state index contributed by atoms with van der Waals surface area (Å²) in [5, 5.41) is 5.13. The van der Waals surface area contributed by atoms with Gasteiger partial charge in [0, 0.05) is 12.4 Å². The second-order valence-electron chi connectivity index (χ2n) is 3.71. The van der Waals surface area contributed by atoms with Crippen molar-refractivity contribution >= 4 is 16.9 Å². The quantitative estimate of drug-likeness (QED) is 0.725. The molecule has 0 unspecified atom stereocenters. The van der Waals surface area contributed by atoms with Gasteiger partial charge in [0.1, 0.15) is 0 Å². The van der Waals surface area contributed by atoms with Crippen molar-refractivity contribution in [2.45, 2.75) is 13.8 Å². The van der Waals surface area contributed by atoms with Crippen LogP contribution in [-0.2, 0) is 11.8 Å². The van der Waals surface area contributed by atoms with Crippen molar-refractivity contribution in [3.8, 4) is 0 Å². The van der Waals surface area contributed by atoms with Gasteiger partial charge in [-0.1, -0.05) is 12.1 Å². The fourth-order valence-electron chi connectivity index (χ4n) is 1.75. The third-order valence-electron chi connectivity index (χ3n) is 2.46. The van der Waals surface area contributed by atoms with E-state index in [2.05, 4.69) is 5.10 Å². The summed E-state index contributed by atoms with van der Waals surface area (Å²) in [5.41, 5.74) is 2.46. The van der Waals surface area contributed by atoms with E-state index >= 15 is 0 Å². The topological polar surface area (TPSA) is 44.1 Å². The number of ether oxygens (including phenoxy) is 1. The molecule has 0 N–H and O–H groups in total. The molecule has 0 aliphatic carbocycles. The van der Waals surface area contributed by atoms with Crippen molar-refractivity contribution in [2.24, 2.45) is 7.05 Å². The molecule has 2 rings (SSSR count). The van der Waals surface area contributed by atoms with Crippen LogP contribution in [0.25, 0.3) is 10.9 Å². The zero-order valence-corrected chi connectivity index (χ0v) is 9.65. The molecular formula is C12H14N2O2. The molecule has 4 nitrogen and oxygen atoms in total. The summed E-state index contributed by atoms with van der Waals surface area (Å²) in [4.78, 5) is 11.7. The van der Waals surface area contributed by atoms with Gasteiger partial charge in [-0.3, -0.25) is 4.68 Å². The normalized spacial score (nSPS) is 10.7. The van der Waals surface area contributed by atoms with Crippen molar-refractivity contribution < 1.29 is 9.53 Å². The van der Waals surface area contributed by atoms with E-state index in [0.717, 1.165) is 16.5 Å². The lowest BCUT2D eigenvalue weighted by molar-refractivity contribution is 0.0516. The number of hydrogen-bond donors (Lipinski definition) is 0. The lowest BCUT2D eigenvalue weighted by Crippen LogP contribution is -2.10. The maximum atomic E-state index is 11.7. The molecule has 2 aromatic rings. The number of rotatable bonds is 2. The van der Waals surface area contributed by atoms with Crippen LogP contribution in [0.3, 0.4) is 0 Å². The summed E-state index contributed by atoms with van der Waals surface area (Å²) >= 11 is 0. The van der Waals surface area contributed by atoms with E-state index in [1.165, 1.54) is 0 Å². The van der Waals surface area contributed by atoms with Crippen LogP contribution in [0.2, 0.25) is 0 Å². The molecule has 1 aromatic carbocycles. The Labute approximate surface area is 93.8 Å². The number of nitrogens with zero attached hydrogens (tertiary/aromatic N) is 2. The van der Waals surface area contributed by atoms with Crippen LogP contribution in [0, 0.1) is 6.92 Å². The van der Waals surface area contributed by atoms with Crippen LogP contribution in [0.5, 0.6) is 0 Å². The van der Waals surface area contributed by atoms with Crippen molar-refractivity contribution in [1.82, 2.24) is 9.78 Å². The zero-order chi connectivity index (χ0) is 11.7. The molecule has 0 radical (unpaired) electrons. The van der Waals surface area contributed by atoms with Crippen molar-refractivity contribution in [1.29, 1.82) is 0 Å². The molecule has 0 bridgehead atoms. The predicted octanol–water partition coefficient (Wildman–Crippen LogP) is 2.06. The SMILES string of the molecule is CCOC(=O)c1c2ccc(C)cc2nn1C. The first-order valence-electron chi connectivity index (χ1n) is 5.24. The Balaban J connectivity index is 2.60. The summed E-state index contributed by atoms with van der Waals surface area (Å²) in [6.45, 7) is 4.16. The van der Waals surface area contributed by atoms with Gasteiger partial charge in [0.05, 0.1) is 12.1 Å². The fraction of sp³-hybridized carbons (Fsp3) is 0.333. The molecule has 0 aliphatic heterocycles. The molecule has 0 saturated heterocycles. The Morgan fingerprint density at radius 1 is 1.50 bits per heavy atom. The van der Waals surface area contributed by atoms with Gasteiger partial charge in [0.15, 0.2) is 5.69 Å². The Bertz CT molecular complexity index is 543. The zero-order valence-electron chi connectivity index (χ0n) is 9.65. The Morgan fingerprint density at radius 2 is 2.25 bits per heavy atom. The Morgan fingerprint density at radius 3 is 2.94 bits per heavy atom. The van der Waals surface area contributed by atoms with E-state index in [-0.39, 0.29) is 5.97 Å². The highest BCUT2D eigenvalue weighted by Gasteiger charge is 2.17. The highest BCUT2D eigenvalue weighted by Crippen LogP contribution is 2.19. The molecule has 1 heterocycles. The molecule has 0 aliphatic rings. The lowest BCUT2D eigenvalue weighted by atomic mass is 10.1. The first kappa shape index (κ1) is 10.7. The van der Waals surface area contributed by atoms with Crippen LogP contribution in [0.1, 0.15) is 23.0 Å². The number of benzene rings is 1. The molecule has 0 saturated carbocycles. The van der Waals surface area contributed by atoms with Gasteiger partial charge in [-0.15, -0.1) is 0 Å². The minimum atomic E-state index is -0.323. The van der Waals surface area contributed by atoms with Crippen LogP contribution in [0.15, 0.2) is 18.2 Å². The van der Waals surface area contributed by atoms with Crippen molar-refractivity contribution in [3.63, 3.8) is 0 Å². The van der Waals surface area contributed by atoms with Crippen LogP contribution < -0.4 is 0 Å². The monoisotopic (exact) mass is 218 g/mol. The predicted molar refractivity (Wildman–Crippen MR) is 61.4 cm³/mol. The molecule has 1 aromatic heterocycles. The number of carbonyl (C=O) groups is 1. The highest BCUT2D eigenvalue weighted by atomic mass is 16.5. The maximum absolute atomic E-state index is 11.7. The first-order chi connectivity index (χ1) is 7.63. The number of fused-ring (bicyclic) bond motifs is 1. The van der Waals surface area contributed by atoms with E-state index in [0.29, 0.717) is 12.3 Å². The van der Waals surface area contributed by atoms with Crippen molar-refractivity contribution in [2.75, 3.05) is 6.61 Å². The molecule has 84 valence electrons. The van der Waals surface area contributed by atoms with E-state index in [4.69, 9.17) is 4.74 Å². The van der Waals surface area contributed by atoms with E-state index in [1.54, 1.807) is 18.7 Å². The Hall–Kier alpha value is -1.84. The summed E-state index contributed by atoms with van der Waals surface area (Å²) in [6, 6.07) is 5.83. The largest absolute Gasteiger partial charge is 0.461 e. The number of aryl methyl sites for hydroxylation is 2. The van der Waals surface area contributed by atoms with Gasteiger partial charge in [0.2, 0.25) is 0 Å². The summed E-state index contributed by atoms with van der Waals surface area (Å²) in [5.74, 6) is -0.323. The van der Waals surface area contributed by atoms with Crippen LogP contribution in [-0.4, -0.2) is 22.4 Å². The molecule has 0 spiro atoms. The third-order valence-corrected chi connectivity index (χ3v) is 2.46. The third kappa shape index (κ3) is 1.66. The number of hydrogen-bond acceptors (Lipinski definition) is 3. The lowest BCUT2D eigenvalue weighted by Gasteiger charge is -2.01. The smallest absolute Gasteiger partial charge is 0.357 e. The van der Waals surface area contributed by atoms with Crippen LogP contribution >= 0.6 is 0 Å². The van der Waals surface area contributed by atoms with Gasteiger partial charge in [-0.25, -0.2) is 4.79 Å². The van der Waals surface area contributed by atoms with Gasteiger partial charge in [-0.2, -0.15) is 5.10 Å². The fourth-order valence-corrected chi connectivity index (χ4v) is 1.75. The molecule has 0 atom stereocenters. The van der Waals surface area contributed by atoms with Gasteiger partial charge < -0.3 is 4.74 Å². The minimum Gasteiger partial charge on any atom is -0.461 e. The number of carbonyl (C=O) groups excluding carboxylic acids is 1. The highest BCUT2D eigenvalue weighted by molar-refractivity contribution is 6.02. The van der Waals surface area contributed by atoms with E-state index in [1.807, 2.05) is 25.1 Å². The molecule has 0 fully saturated rings. The van der Waals surface area contributed by atoms with Gasteiger partial charge in [-0.05, 0) is 25.5 Å². The molecule has 4 heteroatoms. The molecule has 0 amide bonds. The Kier molecular flexibility index (Phi) is 2.64. The second-order valence-corrected chi connectivity index (χ2v) is 3.71. The van der Waals surface area contributed by atoms with E-state index < -0.39 is 0 Å². The summed E-state index contributed by atoms with van der Waals surface area (Å²) < 4.78 is 6.58. The summed E-state index contributed by atoms with van der Waals surface area (Å²) in [7, 11) is 1.75. The number of esters is 1. The molecule has 16 heavy (non-hydrogen) atoms. The van der Waals surface area contributed by atoms with Gasteiger partial charge in [0.25, 0.3) is 0 Å².